The largest absolute Gasteiger partial charge is 0.350 e. The Hall–Kier alpha value is -2.25. The SMILES string of the molecule is CCN[C@H](C)CNC(=O)c1cc(-c2cccs2)nc2c1cnn2C(C)C. The summed E-state index contributed by atoms with van der Waals surface area (Å²) in [5.74, 6) is -0.0942. The highest BCUT2D eigenvalue weighted by Crippen LogP contribution is 2.28. The molecule has 0 aliphatic heterocycles. The number of nitrogens with zero attached hydrogens (tertiary/aromatic N) is 3. The number of pyridine rings is 1. The summed E-state index contributed by atoms with van der Waals surface area (Å²) >= 11 is 1.61. The summed E-state index contributed by atoms with van der Waals surface area (Å²) in [6, 6.07) is 6.26. The lowest BCUT2D eigenvalue weighted by atomic mass is 10.1. The van der Waals surface area contributed by atoms with Crippen molar-refractivity contribution in [1.82, 2.24) is 25.4 Å². The average Bonchev–Trinajstić information content (AvgIpc) is 3.28. The molecule has 0 aromatic carbocycles. The van der Waals surface area contributed by atoms with Crippen LogP contribution in [-0.4, -0.2) is 39.8 Å². The standard InChI is InChI=1S/C19H25N5OS/c1-5-20-13(4)10-21-19(25)14-9-16(17-7-6-8-26-17)23-18-15(14)11-22-24(18)12(2)3/h6-9,11-13,20H,5,10H2,1-4H3,(H,21,25)/t13-/m1/s1. The number of carbonyl (C=O) groups excluding carboxylic acids is 1. The first kappa shape index (κ1) is 18.5. The average molecular weight is 372 g/mol. The summed E-state index contributed by atoms with van der Waals surface area (Å²) in [7, 11) is 0. The number of aromatic nitrogens is 3. The van der Waals surface area contributed by atoms with Gasteiger partial charge in [-0.2, -0.15) is 5.10 Å². The van der Waals surface area contributed by atoms with E-state index >= 15 is 0 Å². The zero-order valence-corrected chi connectivity index (χ0v) is 16.4. The fourth-order valence-electron chi connectivity index (χ4n) is 2.90. The topological polar surface area (TPSA) is 71.8 Å². The van der Waals surface area contributed by atoms with Gasteiger partial charge in [0, 0.05) is 18.6 Å². The third-order valence-corrected chi connectivity index (χ3v) is 5.09. The van der Waals surface area contributed by atoms with Crippen LogP contribution in [-0.2, 0) is 0 Å². The Labute approximate surface area is 157 Å². The minimum Gasteiger partial charge on any atom is -0.350 e. The van der Waals surface area contributed by atoms with E-state index in [0.29, 0.717) is 12.1 Å². The predicted octanol–water partition coefficient (Wildman–Crippen LogP) is 3.47. The molecule has 7 heteroatoms. The monoisotopic (exact) mass is 371 g/mol. The van der Waals surface area contributed by atoms with E-state index in [1.165, 1.54) is 0 Å². The molecule has 1 amide bonds. The van der Waals surface area contributed by atoms with E-state index in [0.717, 1.165) is 28.1 Å². The molecule has 0 bridgehead atoms. The highest BCUT2D eigenvalue weighted by Gasteiger charge is 2.19. The Morgan fingerprint density at radius 1 is 1.35 bits per heavy atom. The van der Waals surface area contributed by atoms with Gasteiger partial charge in [0.2, 0.25) is 0 Å². The van der Waals surface area contributed by atoms with Crippen molar-refractivity contribution in [3.8, 4) is 10.6 Å². The summed E-state index contributed by atoms with van der Waals surface area (Å²) in [4.78, 5) is 18.7. The molecule has 3 aromatic heterocycles. The fourth-order valence-corrected chi connectivity index (χ4v) is 3.58. The van der Waals surface area contributed by atoms with E-state index in [1.807, 2.05) is 28.3 Å². The molecule has 0 aliphatic rings. The lowest BCUT2D eigenvalue weighted by molar-refractivity contribution is 0.0952. The Morgan fingerprint density at radius 3 is 2.81 bits per heavy atom. The molecule has 1 atom stereocenters. The first-order valence-electron chi connectivity index (χ1n) is 8.95. The second-order valence-corrected chi connectivity index (χ2v) is 7.57. The Kier molecular flexibility index (Phi) is 5.68. The second-order valence-electron chi connectivity index (χ2n) is 6.62. The van der Waals surface area contributed by atoms with Crippen LogP contribution in [0.2, 0.25) is 0 Å². The van der Waals surface area contributed by atoms with Gasteiger partial charge in [0.25, 0.3) is 5.91 Å². The van der Waals surface area contributed by atoms with E-state index in [2.05, 4.69) is 43.4 Å². The fraction of sp³-hybridized carbons (Fsp3) is 0.421. The van der Waals surface area contributed by atoms with E-state index in [4.69, 9.17) is 4.98 Å². The van der Waals surface area contributed by atoms with Crippen LogP contribution >= 0.6 is 11.3 Å². The van der Waals surface area contributed by atoms with Gasteiger partial charge in [-0.05, 0) is 44.8 Å². The maximum absolute atomic E-state index is 12.9. The number of hydrogen-bond donors (Lipinski definition) is 2. The lowest BCUT2D eigenvalue weighted by Crippen LogP contribution is -2.38. The van der Waals surface area contributed by atoms with Crippen LogP contribution < -0.4 is 10.6 Å². The van der Waals surface area contributed by atoms with Gasteiger partial charge in [0.1, 0.15) is 0 Å². The molecule has 3 rings (SSSR count). The summed E-state index contributed by atoms with van der Waals surface area (Å²) in [6.45, 7) is 9.68. The third-order valence-electron chi connectivity index (χ3n) is 4.20. The molecule has 2 N–H and O–H groups in total. The van der Waals surface area contributed by atoms with Gasteiger partial charge in [0.15, 0.2) is 5.65 Å². The normalized spacial score (nSPS) is 12.7. The van der Waals surface area contributed by atoms with Gasteiger partial charge < -0.3 is 10.6 Å². The second kappa shape index (κ2) is 7.97. The van der Waals surface area contributed by atoms with E-state index in [9.17, 15) is 4.79 Å². The molecule has 0 saturated carbocycles. The van der Waals surface area contributed by atoms with Gasteiger partial charge in [-0.1, -0.05) is 13.0 Å². The third kappa shape index (κ3) is 3.78. The minimum absolute atomic E-state index is 0.0942. The number of thiophene rings is 1. The van der Waals surface area contributed by atoms with Crippen molar-refractivity contribution in [3.05, 3.63) is 35.3 Å². The first-order valence-corrected chi connectivity index (χ1v) is 9.83. The van der Waals surface area contributed by atoms with Crippen molar-refractivity contribution >= 4 is 28.3 Å². The quantitative estimate of drug-likeness (QED) is 0.667. The highest BCUT2D eigenvalue weighted by atomic mass is 32.1. The summed E-state index contributed by atoms with van der Waals surface area (Å²) in [6.07, 6.45) is 1.74. The maximum Gasteiger partial charge on any atom is 0.252 e. The van der Waals surface area contributed by atoms with Gasteiger partial charge >= 0.3 is 0 Å². The van der Waals surface area contributed by atoms with Gasteiger partial charge in [0.05, 0.1) is 27.7 Å². The Bertz CT molecular complexity index is 885. The Morgan fingerprint density at radius 2 is 2.15 bits per heavy atom. The highest BCUT2D eigenvalue weighted by molar-refractivity contribution is 7.13. The summed E-state index contributed by atoms with van der Waals surface area (Å²) < 4.78 is 1.87. The minimum atomic E-state index is -0.0942. The van der Waals surface area contributed by atoms with Crippen LogP contribution in [0.25, 0.3) is 21.6 Å². The molecule has 0 radical (unpaired) electrons. The molecule has 3 aromatic rings. The maximum atomic E-state index is 12.9. The molecule has 0 unspecified atom stereocenters. The first-order chi connectivity index (χ1) is 12.5. The number of fused-ring (bicyclic) bond motifs is 1. The van der Waals surface area contributed by atoms with E-state index in [-0.39, 0.29) is 18.0 Å². The van der Waals surface area contributed by atoms with Crippen LogP contribution in [0.4, 0.5) is 0 Å². The van der Waals surface area contributed by atoms with Crippen LogP contribution in [0.1, 0.15) is 44.1 Å². The number of likely N-dealkylation sites (N-methyl/N-ethyl adjacent to an activating group) is 1. The zero-order valence-electron chi connectivity index (χ0n) is 15.6. The van der Waals surface area contributed by atoms with Crippen molar-refractivity contribution in [1.29, 1.82) is 0 Å². The molecule has 26 heavy (non-hydrogen) atoms. The molecule has 0 aliphatic carbocycles. The molecule has 6 nitrogen and oxygen atoms in total. The van der Waals surface area contributed by atoms with Crippen molar-refractivity contribution in [3.63, 3.8) is 0 Å². The Balaban J connectivity index is 2.01. The smallest absolute Gasteiger partial charge is 0.252 e. The van der Waals surface area contributed by atoms with Crippen LogP contribution in [0, 0.1) is 0 Å². The number of rotatable bonds is 7. The molecule has 0 fully saturated rings. The number of hydrogen-bond acceptors (Lipinski definition) is 5. The van der Waals surface area contributed by atoms with Crippen molar-refractivity contribution in [2.75, 3.05) is 13.1 Å². The number of carbonyl (C=O) groups is 1. The summed E-state index contributed by atoms with van der Waals surface area (Å²) in [5, 5.41) is 13.6. The molecular weight excluding hydrogens is 346 g/mol. The van der Waals surface area contributed by atoms with Crippen LogP contribution in [0.3, 0.4) is 0 Å². The van der Waals surface area contributed by atoms with Gasteiger partial charge in [-0.25, -0.2) is 9.67 Å². The zero-order chi connectivity index (χ0) is 18.7. The number of amides is 1. The molecule has 3 heterocycles. The van der Waals surface area contributed by atoms with E-state index in [1.54, 1.807) is 17.5 Å². The van der Waals surface area contributed by atoms with Gasteiger partial charge in [-0.3, -0.25) is 4.79 Å². The van der Waals surface area contributed by atoms with Crippen LogP contribution in [0.5, 0.6) is 0 Å². The van der Waals surface area contributed by atoms with E-state index < -0.39 is 0 Å². The van der Waals surface area contributed by atoms with Crippen LogP contribution in [0.15, 0.2) is 29.8 Å². The molecular formula is C19H25N5OS. The molecule has 0 saturated heterocycles. The summed E-state index contributed by atoms with van der Waals surface area (Å²) in [5.41, 5.74) is 2.17. The molecule has 0 spiro atoms. The van der Waals surface area contributed by atoms with Crippen molar-refractivity contribution < 1.29 is 4.79 Å². The van der Waals surface area contributed by atoms with Gasteiger partial charge in [-0.15, -0.1) is 11.3 Å². The molecule has 138 valence electrons. The number of nitrogens with one attached hydrogen (secondary N) is 2. The predicted molar refractivity (Wildman–Crippen MR) is 107 cm³/mol. The lowest BCUT2D eigenvalue weighted by Gasteiger charge is -2.14. The van der Waals surface area contributed by atoms with Crippen molar-refractivity contribution in [2.24, 2.45) is 0 Å². The van der Waals surface area contributed by atoms with Crippen molar-refractivity contribution in [2.45, 2.75) is 39.8 Å².